The highest BCUT2D eigenvalue weighted by atomic mass is 35.5. The summed E-state index contributed by atoms with van der Waals surface area (Å²) in [6, 6.07) is 1.75. The van der Waals surface area contributed by atoms with Crippen LogP contribution in [-0.2, 0) is 11.2 Å². The molecule has 0 saturated heterocycles. The predicted octanol–water partition coefficient (Wildman–Crippen LogP) is 3.58. The zero-order valence-electron chi connectivity index (χ0n) is 6.56. The van der Waals surface area contributed by atoms with E-state index in [-0.39, 0.29) is 5.78 Å². The van der Waals surface area contributed by atoms with Crippen LogP contribution in [0.2, 0.25) is 8.67 Å². The van der Waals surface area contributed by atoms with E-state index in [4.69, 9.17) is 23.2 Å². The van der Waals surface area contributed by atoms with Crippen LogP contribution >= 0.6 is 34.5 Å². The maximum Gasteiger partial charge on any atom is 0.137 e. The van der Waals surface area contributed by atoms with Crippen LogP contribution in [0.5, 0.6) is 0 Å². The van der Waals surface area contributed by atoms with Crippen molar-refractivity contribution in [2.24, 2.45) is 0 Å². The van der Waals surface area contributed by atoms with Crippen LogP contribution in [0.3, 0.4) is 0 Å². The summed E-state index contributed by atoms with van der Waals surface area (Å²) < 4.78 is 1.26. The Balaban J connectivity index is 2.75. The normalized spacial score (nSPS) is 10.2. The lowest BCUT2D eigenvalue weighted by Gasteiger charge is -1.93. The Kier molecular flexibility index (Phi) is 3.56. The molecule has 0 fully saturated rings. The monoisotopic (exact) mass is 222 g/mol. The van der Waals surface area contributed by atoms with Gasteiger partial charge in [-0.3, -0.25) is 4.79 Å². The minimum absolute atomic E-state index is 0.186. The molecular formula is C8H8Cl2OS. The predicted molar refractivity (Wildman–Crippen MR) is 53.3 cm³/mol. The van der Waals surface area contributed by atoms with Crippen LogP contribution in [0.25, 0.3) is 0 Å². The van der Waals surface area contributed by atoms with Crippen LogP contribution < -0.4 is 0 Å². The highest BCUT2D eigenvalue weighted by Crippen LogP contribution is 2.31. The minimum Gasteiger partial charge on any atom is -0.299 e. The molecule has 0 N–H and O–H groups in total. The molecule has 0 unspecified atom stereocenters. The first-order valence-corrected chi connectivity index (χ1v) is 5.16. The molecule has 0 bridgehead atoms. The van der Waals surface area contributed by atoms with Gasteiger partial charge in [-0.25, -0.2) is 0 Å². The Labute approximate surface area is 85.3 Å². The van der Waals surface area contributed by atoms with Crippen molar-refractivity contribution in [1.29, 1.82) is 0 Å². The minimum atomic E-state index is 0.186. The van der Waals surface area contributed by atoms with Crippen molar-refractivity contribution >= 4 is 40.3 Å². The zero-order chi connectivity index (χ0) is 9.14. The molecule has 1 rings (SSSR count). The van der Waals surface area contributed by atoms with Crippen molar-refractivity contribution in [1.82, 2.24) is 0 Å². The summed E-state index contributed by atoms with van der Waals surface area (Å²) in [6.07, 6.45) is 0.947. The van der Waals surface area contributed by atoms with Crippen molar-refractivity contribution in [3.05, 3.63) is 20.3 Å². The molecule has 12 heavy (non-hydrogen) atoms. The van der Waals surface area contributed by atoms with Crippen molar-refractivity contribution < 1.29 is 4.79 Å². The van der Waals surface area contributed by atoms with Gasteiger partial charge in [0.05, 0.1) is 8.67 Å². The van der Waals surface area contributed by atoms with E-state index < -0.39 is 0 Å². The molecule has 0 radical (unpaired) electrons. The van der Waals surface area contributed by atoms with E-state index >= 15 is 0 Å². The highest BCUT2D eigenvalue weighted by molar-refractivity contribution is 7.20. The first-order chi connectivity index (χ1) is 5.63. The van der Waals surface area contributed by atoms with Gasteiger partial charge in [-0.1, -0.05) is 30.1 Å². The van der Waals surface area contributed by atoms with Crippen molar-refractivity contribution in [2.45, 2.75) is 19.8 Å². The first-order valence-electron chi connectivity index (χ1n) is 3.59. The summed E-state index contributed by atoms with van der Waals surface area (Å²) in [5, 5.41) is 0. The van der Waals surface area contributed by atoms with E-state index in [1.807, 2.05) is 6.92 Å². The Bertz CT molecular complexity index is 293. The lowest BCUT2D eigenvalue weighted by Crippen LogP contribution is -1.98. The molecule has 0 spiro atoms. The van der Waals surface area contributed by atoms with Gasteiger partial charge in [0.1, 0.15) is 5.78 Å². The van der Waals surface area contributed by atoms with E-state index in [9.17, 15) is 4.79 Å². The van der Waals surface area contributed by atoms with E-state index in [1.165, 1.54) is 11.3 Å². The number of hydrogen-bond donors (Lipinski definition) is 0. The van der Waals surface area contributed by atoms with Gasteiger partial charge in [-0.15, -0.1) is 11.3 Å². The van der Waals surface area contributed by atoms with Crippen LogP contribution in [0, 0.1) is 0 Å². The van der Waals surface area contributed by atoms with E-state index in [2.05, 4.69) is 0 Å². The molecule has 0 aliphatic rings. The highest BCUT2D eigenvalue weighted by Gasteiger charge is 2.08. The lowest BCUT2D eigenvalue weighted by atomic mass is 10.1. The van der Waals surface area contributed by atoms with Crippen molar-refractivity contribution in [2.75, 3.05) is 0 Å². The van der Waals surface area contributed by atoms with Gasteiger partial charge in [0.15, 0.2) is 0 Å². The number of carbonyl (C=O) groups is 1. The zero-order valence-corrected chi connectivity index (χ0v) is 8.89. The third-order valence-electron chi connectivity index (χ3n) is 1.51. The average molecular weight is 223 g/mol. The molecule has 0 aromatic carbocycles. The second-order valence-electron chi connectivity index (χ2n) is 2.42. The molecule has 4 heteroatoms. The van der Waals surface area contributed by atoms with Gasteiger partial charge in [0.25, 0.3) is 0 Å². The third kappa shape index (κ3) is 2.47. The van der Waals surface area contributed by atoms with Crippen LogP contribution in [0.4, 0.5) is 0 Å². The standard InChI is InChI=1S/C8H8Cl2OS/c1-2-6(11)3-5-4-7(9)12-8(5)10/h4H,2-3H2,1H3. The third-order valence-corrected chi connectivity index (χ3v) is 3.08. The molecule has 0 saturated carbocycles. The molecule has 0 atom stereocenters. The first kappa shape index (κ1) is 10.0. The molecule has 1 aromatic rings. The number of carbonyl (C=O) groups excluding carboxylic acids is 1. The van der Waals surface area contributed by atoms with E-state index in [0.29, 0.717) is 21.5 Å². The number of Topliss-reactive ketones (excluding diaryl/α,β-unsaturated/α-hetero) is 1. The Morgan fingerprint density at radius 2 is 2.25 bits per heavy atom. The van der Waals surface area contributed by atoms with Crippen molar-refractivity contribution in [3.63, 3.8) is 0 Å². The summed E-state index contributed by atoms with van der Waals surface area (Å²) >= 11 is 12.8. The second-order valence-corrected chi connectivity index (χ2v) is 4.70. The van der Waals surface area contributed by atoms with Gasteiger partial charge in [0, 0.05) is 12.8 Å². The summed E-state index contributed by atoms with van der Waals surface area (Å²) in [5.41, 5.74) is 0.846. The molecule has 0 aliphatic heterocycles. The van der Waals surface area contributed by atoms with Crippen molar-refractivity contribution in [3.8, 4) is 0 Å². The van der Waals surface area contributed by atoms with Gasteiger partial charge in [-0.05, 0) is 11.6 Å². The number of thiophene rings is 1. The topological polar surface area (TPSA) is 17.1 Å². The SMILES string of the molecule is CCC(=O)Cc1cc(Cl)sc1Cl. The van der Waals surface area contributed by atoms with E-state index in [1.54, 1.807) is 6.07 Å². The van der Waals surface area contributed by atoms with Gasteiger partial charge >= 0.3 is 0 Å². The number of halogens is 2. The Morgan fingerprint density at radius 1 is 1.58 bits per heavy atom. The molecular weight excluding hydrogens is 215 g/mol. The molecule has 1 aromatic heterocycles. The molecule has 1 nitrogen and oxygen atoms in total. The van der Waals surface area contributed by atoms with E-state index in [0.717, 1.165) is 5.56 Å². The number of ketones is 1. The summed E-state index contributed by atoms with van der Waals surface area (Å²) in [6.45, 7) is 1.84. The van der Waals surface area contributed by atoms with Gasteiger partial charge < -0.3 is 0 Å². The maximum atomic E-state index is 11.0. The maximum absolute atomic E-state index is 11.0. The average Bonchev–Trinajstić information content (AvgIpc) is 2.30. The van der Waals surface area contributed by atoms with Crippen LogP contribution in [0.15, 0.2) is 6.07 Å². The Hall–Kier alpha value is -0.0500. The summed E-state index contributed by atoms with van der Waals surface area (Å²) in [5.74, 6) is 0.186. The molecule has 1 heterocycles. The van der Waals surface area contributed by atoms with Gasteiger partial charge in [0.2, 0.25) is 0 Å². The molecule has 0 aliphatic carbocycles. The smallest absolute Gasteiger partial charge is 0.137 e. The largest absolute Gasteiger partial charge is 0.299 e. The fraction of sp³-hybridized carbons (Fsp3) is 0.375. The number of rotatable bonds is 3. The summed E-state index contributed by atoms with van der Waals surface area (Å²) in [4.78, 5) is 11.0. The van der Waals surface area contributed by atoms with Crippen LogP contribution in [-0.4, -0.2) is 5.78 Å². The fourth-order valence-electron chi connectivity index (χ4n) is 0.832. The van der Waals surface area contributed by atoms with Gasteiger partial charge in [-0.2, -0.15) is 0 Å². The van der Waals surface area contributed by atoms with Crippen LogP contribution in [0.1, 0.15) is 18.9 Å². The quantitative estimate of drug-likeness (QED) is 0.765. The Morgan fingerprint density at radius 3 is 2.67 bits per heavy atom. The lowest BCUT2D eigenvalue weighted by molar-refractivity contribution is -0.118. The number of hydrogen-bond acceptors (Lipinski definition) is 2. The second kappa shape index (κ2) is 4.26. The fourth-order valence-corrected chi connectivity index (χ4v) is 2.32. The summed E-state index contributed by atoms with van der Waals surface area (Å²) in [7, 11) is 0. The molecule has 0 amide bonds. The molecule has 66 valence electrons.